The van der Waals surface area contributed by atoms with Gasteiger partial charge in [-0.2, -0.15) is 0 Å². The average molecular weight is 358 g/mol. The maximum atomic E-state index is 12.6. The molecule has 5 nitrogen and oxygen atoms in total. The van der Waals surface area contributed by atoms with E-state index in [0.717, 1.165) is 23.9 Å². The molecule has 0 saturated carbocycles. The molecule has 6 heteroatoms. The highest BCUT2D eigenvalue weighted by atomic mass is 32.2. The van der Waals surface area contributed by atoms with E-state index < -0.39 is 10.0 Å². The van der Waals surface area contributed by atoms with Crippen LogP contribution in [0.2, 0.25) is 0 Å². The Balaban J connectivity index is 1.88. The van der Waals surface area contributed by atoms with Crippen molar-refractivity contribution < 1.29 is 13.2 Å². The Bertz CT molecular complexity index is 908. The molecule has 0 unspecified atom stereocenters. The minimum atomic E-state index is -3.29. The maximum absolute atomic E-state index is 12.6. The summed E-state index contributed by atoms with van der Waals surface area (Å²) in [6, 6.07) is 8.06. The van der Waals surface area contributed by atoms with Crippen molar-refractivity contribution in [2.75, 3.05) is 12.8 Å². The van der Waals surface area contributed by atoms with E-state index in [-0.39, 0.29) is 17.9 Å². The maximum Gasteiger partial charge on any atom is 0.232 e. The first kappa shape index (κ1) is 17.5. The van der Waals surface area contributed by atoms with Crippen LogP contribution in [0.25, 0.3) is 5.70 Å². The number of ketones is 1. The molecular formula is C19H22N2O3S. The highest BCUT2D eigenvalue weighted by molar-refractivity contribution is 7.88. The molecule has 0 atom stereocenters. The van der Waals surface area contributed by atoms with E-state index in [1.165, 1.54) is 16.1 Å². The Kier molecular flexibility index (Phi) is 4.33. The Morgan fingerprint density at radius 1 is 1.28 bits per heavy atom. The van der Waals surface area contributed by atoms with Crippen molar-refractivity contribution in [2.45, 2.75) is 25.8 Å². The summed E-state index contributed by atoms with van der Waals surface area (Å²) < 4.78 is 24.3. The molecule has 25 heavy (non-hydrogen) atoms. The van der Waals surface area contributed by atoms with Gasteiger partial charge < -0.3 is 5.32 Å². The summed E-state index contributed by atoms with van der Waals surface area (Å²) in [5, 5.41) is 3.43. The zero-order chi connectivity index (χ0) is 18.2. The smallest absolute Gasteiger partial charge is 0.232 e. The normalized spacial score (nSPS) is 20.7. The van der Waals surface area contributed by atoms with Crippen LogP contribution in [-0.2, 0) is 21.2 Å². The second-order valence-electron chi connectivity index (χ2n) is 7.07. The molecule has 0 fully saturated rings. The fourth-order valence-electron chi connectivity index (χ4n) is 3.13. The van der Waals surface area contributed by atoms with Crippen molar-refractivity contribution in [3.8, 4) is 0 Å². The second kappa shape index (κ2) is 6.19. The molecule has 0 amide bonds. The SMILES string of the molecule is CC1(C)Cc2ccccc2/C(=C/C(=O)C2=CCN(S(C)(=O)=O)C=C2)N1. The highest BCUT2D eigenvalue weighted by Gasteiger charge is 2.28. The first-order chi connectivity index (χ1) is 11.7. The third-order valence-electron chi connectivity index (χ3n) is 4.31. The molecule has 0 aliphatic carbocycles. The number of nitrogens with zero attached hydrogens (tertiary/aromatic N) is 1. The van der Waals surface area contributed by atoms with Gasteiger partial charge in [0.2, 0.25) is 10.0 Å². The van der Waals surface area contributed by atoms with Gasteiger partial charge >= 0.3 is 0 Å². The molecule has 2 aliphatic rings. The number of rotatable bonds is 3. The average Bonchev–Trinajstić information content (AvgIpc) is 2.53. The Morgan fingerprint density at radius 3 is 2.64 bits per heavy atom. The standard InChI is InChI=1S/C19H22N2O3S/c1-19(2)13-15-6-4-5-7-16(15)17(20-19)12-18(22)14-8-10-21(11-9-14)25(3,23)24/h4-10,12,20H,11,13H2,1-3H3/b17-12-. The van der Waals surface area contributed by atoms with Gasteiger partial charge in [0, 0.05) is 34.6 Å². The van der Waals surface area contributed by atoms with Crippen molar-refractivity contribution in [1.82, 2.24) is 9.62 Å². The topological polar surface area (TPSA) is 66.5 Å². The van der Waals surface area contributed by atoms with E-state index in [2.05, 4.69) is 25.2 Å². The van der Waals surface area contributed by atoms with Crippen LogP contribution in [0.15, 0.2) is 54.3 Å². The minimum Gasteiger partial charge on any atom is -0.379 e. The molecule has 3 rings (SSSR count). The zero-order valence-electron chi connectivity index (χ0n) is 14.6. The molecule has 0 spiro atoms. The van der Waals surface area contributed by atoms with Gasteiger partial charge in [0.15, 0.2) is 5.78 Å². The van der Waals surface area contributed by atoms with Gasteiger partial charge in [-0.25, -0.2) is 8.42 Å². The van der Waals surface area contributed by atoms with Crippen molar-refractivity contribution in [3.63, 3.8) is 0 Å². The molecular weight excluding hydrogens is 336 g/mol. The van der Waals surface area contributed by atoms with E-state index in [1.54, 1.807) is 18.2 Å². The van der Waals surface area contributed by atoms with Gasteiger partial charge in [-0.15, -0.1) is 0 Å². The molecule has 0 bridgehead atoms. The van der Waals surface area contributed by atoms with Crippen LogP contribution in [0.1, 0.15) is 25.0 Å². The van der Waals surface area contributed by atoms with Gasteiger partial charge in [-0.1, -0.05) is 30.3 Å². The predicted molar refractivity (Wildman–Crippen MR) is 99.1 cm³/mol. The lowest BCUT2D eigenvalue weighted by molar-refractivity contribution is -0.111. The number of hydrogen-bond donors (Lipinski definition) is 1. The van der Waals surface area contributed by atoms with Gasteiger partial charge in [0.05, 0.1) is 12.8 Å². The summed E-state index contributed by atoms with van der Waals surface area (Å²) in [4.78, 5) is 12.6. The summed E-state index contributed by atoms with van der Waals surface area (Å²) in [6.07, 6.45) is 8.26. The van der Waals surface area contributed by atoms with Crippen LogP contribution in [0.3, 0.4) is 0 Å². The third-order valence-corrected chi connectivity index (χ3v) is 5.43. The molecule has 1 N–H and O–H groups in total. The van der Waals surface area contributed by atoms with Crippen LogP contribution in [0.5, 0.6) is 0 Å². The van der Waals surface area contributed by atoms with Gasteiger partial charge in [0.1, 0.15) is 0 Å². The summed E-state index contributed by atoms with van der Waals surface area (Å²) >= 11 is 0. The number of carbonyl (C=O) groups excluding carboxylic acids is 1. The molecule has 0 saturated heterocycles. The lowest BCUT2D eigenvalue weighted by Gasteiger charge is -2.35. The molecule has 0 radical (unpaired) electrons. The number of sulfonamides is 1. The first-order valence-electron chi connectivity index (χ1n) is 8.13. The van der Waals surface area contributed by atoms with E-state index in [1.807, 2.05) is 18.2 Å². The number of hydrogen-bond acceptors (Lipinski definition) is 4. The van der Waals surface area contributed by atoms with Crippen LogP contribution in [0.4, 0.5) is 0 Å². The summed E-state index contributed by atoms with van der Waals surface area (Å²) in [7, 11) is -3.29. The lowest BCUT2D eigenvalue weighted by Crippen LogP contribution is -2.43. The largest absolute Gasteiger partial charge is 0.379 e. The number of carbonyl (C=O) groups is 1. The second-order valence-corrected chi connectivity index (χ2v) is 9.01. The molecule has 0 aromatic heterocycles. The highest BCUT2D eigenvalue weighted by Crippen LogP contribution is 2.29. The third kappa shape index (κ3) is 3.85. The van der Waals surface area contributed by atoms with E-state index in [0.29, 0.717) is 5.57 Å². The fourth-order valence-corrected chi connectivity index (χ4v) is 3.75. The van der Waals surface area contributed by atoms with Crippen LogP contribution in [0, 0.1) is 0 Å². The number of fused-ring (bicyclic) bond motifs is 1. The summed E-state index contributed by atoms with van der Waals surface area (Å²) in [5.74, 6) is -0.139. The van der Waals surface area contributed by atoms with E-state index in [4.69, 9.17) is 0 Å². The Hall–Kier alpha value is -2.34. The van der Waals surface area contributed by atoms with Gasteiger partial charge in [-0.05, 0) is 31.9 Å². The zero-order valence-corrected chi connectivity index (χ0v) is 15.4. The molecule has 2 heterocycles. The van der Waals surface area contributed by atoms with Crippen molar-refractivity contribution >= 4 is 21.5 Å². The van der Waals surface area contributed by atoms with Gasteiger partial charge in [0.25, 0.3) is 0 Å². The predicted octanol–water partition coefficient (Wildman–Crippen LogP) is 2.24. The van der Waals surface area contributed by atoms with Crippen molar-refractivity contribution in [1.29, 1.82) is 0 Å². The molecule has 1 aromatic rings. The van der Waals surface area contributed by atoms with E-state index >= 15 is 0 Å². The number of benzene rings is 1. The molecule has 2 aliphatic heterocycles. The quantitative estimate of drug-likeness (QED) is 0.842. The first-order valence-corrected chi connectivity index (χ1v) is 9.98. The van der Waals surface area contributed by atoms with Crippen LogP contribution < -0.4 is 5.32 Å². The molecule has 1 aromatic carbocycles. The Labute approximate surface area is 148 Å². The van der Waals surface area contributed by atoms with E-state index in [9.17, 15) is 13.2 Å². The number of allylic oxidation sites excluding steroid dienone is 3. The number of nitrogens with one attached hydrogen (secondary N) is 1. The summed E-state index contributed by atoms with van der Waals surface area (Å²) in [5.41, 5.74) is 3.41. The molecule has 132 valence electrons. The van der Waals surface area contributed by atoms with Crippen LogP contribution in [-0.4, -0.2) is 36.8 Å². The van der Waals surface area contributed by atoms with Crippen molar-refractivity contribution in [2.24, 2.45) is 0 Å². The minimum absolute atomic E-state index is 0.135. The summed E-state index contributed by atoms with van der Waals surface area (Å²) in [6.45, 7) is 4.38. The van der Waals surface area contributed by atoms with Crippen molar-refractivity contribution in [3.05, 3.63) is 65.4 Å². The van der Waals surface area contributed by atoms with Crippen LogP contribution >= 0.6 is 0 Å². The fraction of sp³-hybridized carbons (Fsp3) is 0.316. The van der Waals surface area contributed by atoms with Gasteiger partial charge in [-0.3, -0.25) is 9.10 Å². The monoisotopic (exact) mass is 358 g/mol. The lowest BCUT2D eigenvalue weighted by atomic mass is 9.85. The Morgan fingerprint density at radius 2 is 2.00 bits per heavy atom.